The van der Waals surface area contributed by atoms with Gasteiger partial charge < -0.3 is 0 Å². The molecule has 0 unspecified atom stereocenters. The summed E-state index contributed by atoms with van der Waals surface area (Å²) in [4.78, 5) is 0. The van der Waals surface area contributed by atoms with E-state index < -0.39 is 5.24 Å². The lowest BCUT2D eigenvalue weighted by molar-refractivity contribution is 2.23. The molecule has 0 aliphatic rings. The monoisotopic (exact) mass is 174 g/mol. The summed E-state index contributed by atoms with van der Waals surface area (Å²) < 4.78 is 0. The Hall–Kier alpha value is 1.29. The van der Waals surface area contributed by atoms with E-state index in [9.17, 15) is 0 Å². The number of hydrogen-bond donors (Lipinski definition) is 0. The molecule has 0 spiro atoms. The largest absolute Gasteiger partial charge is 0.114 e. The Balaban J connectivity index is 3.36. The molecule has 0 heterocycles. The fourth-order valence-electron chi connectivity index (χ4n) is 0.118. The lowest BCUT2D eigenvalue weighted by Gasteiger charge is -2.03. The van der Waals surface area contributed by atoms with Crippen LogP contribution in [-0.4, -0.2) is 18.5 Å². The first kappa shape index (κ1) is 8.29. The Bertz CT molecular complexity index is 86.9. The van der Waals surface area contributed by atoms with E-state index in [0.29, 0.717) is 5.21 Å². The van der Waals surface area contributed by atoms with E-state index in [0.717, 1.165) is 0 Å². The minimum atomic E-state index is -1.05. The lowest BCUT2D eigenvalue weighted by Crippen LogP contribution is -1.63. The maximum atomic E-state index is 5.41. The van der Waals surface area contributed by atoms with Gasteiger partial charge in [-0.3, -0.25) is 0 Å². The van der Waals surface area contributed by atoms with Crippen LogP contribution in [0.1, 0.15) is 0 Å². The Morgan fingerprint density at radius 2 is 2.14 bits per heavy atom. The van der Waals surface area contributed by atoms with Crippen LogP contribution in [-0.2, 0) is 11.8 Å². The molecule has 0 nitrogen and oxygen atoms in total. The Morgan fingerprint density at radius 1 is 1.71 bits per heavy atom. The average molecular weight is 175 g/mol. The van der Waals surface area contributed by atoms with Gasteiger partial charge in [-0.15, -0.1) is 23.0 Å². The fraction of sp³-hybridized carbons (Fsp3) is 1.00. The smallest absolute Gasteiger partial charge is 0.0729 e. The summed E-state index contributed by atoms with van der Waals surface area (Å²) in [7, 11) is 0. The normalized spacial score (nSPS) is 11.9. The van der Waals surface area contributed by atoms with Crippen molar-refractivity contribution >= 4 is 40.0 Å². The summed E-state index contributed by atoms with van der Waals surface area (Å²) in [6.45, 7) is 4.16. The highest BCUT2D eigenvalue weighted by Gasteiger charge is 1.97. The summed E-state index contributed by atoms with van der Waals surface area (Å²) in [5.74, 6) is 0. The van der Waals surface area contributed by atoms with Crippen LogP contribution in [0.3, 0.4) is 0 Å². The highest BCUT2D eigenvalue weighted by Crippen LogP contribution is 2.51. The van der Waals surface area contributed by atoms with E-state index in [1.807, 2.05) is 0 Å². The SMILES string of the molecule is CP(C)(=S)SCCl. The highest BCUT2D eigenvalue weighted by molar-refractivity contribution is 8.70. The molecule has 7 heavy (non-hydrogen) atoms. The van der Waals surface area contributed by atoms with Gasteiger partial charge in [0.1, 0.15) is 0 Å². The summed E-state index contributed by atoms with van der Waals surface area (Å²) in [6, 6.07) is 0. The molecular formula is C3H8ClPS2. The molecule has 0 aromatic rings. The van der Waals surface area contributed by atoms with E-state index >= 15 is 0 Å². The van der Waals surface area contributed by atoms with Crippen LogP contribution in [0, 0.1) is 0 Å². The predicted molar refractivity (Wildman–Crippen MR) is 44.4 cm³/mol. The Kier molecular flexibility index (Phi) is 3.96. The summed E-state index contributed by atoms with van der Waals surface area (Å²) in [5.41, 5.74) is 0. The van der Waals surface area contributed by atoms with Crippen molar-refractivity contribution in [2.45, 2.75) is 0 Å². The zero-order valence-corrected chi connectivity index (χ0v) is 7.63. The van der Waals surface area contributed by atoms with Crippen LogP contribution in [0.5, 0.6) is 0 Å². The third-order valence-corrected chi connectivity index (χ3v) is 5.06. The van der Waals surface area contributed by atoms with Crippen molar-refractivity contribution in [1.82, 2.24) is 0 Å². The molecule has 0 saturated heterocycles. The molecule has 0 atom stereocenters. The average Bonchev–Trinajstić information content (AvgIpc) is 1.30. The second kappa shape index (κ2) is 3.34. The van der Waals surface area contributed by atoms with Gasteiger partial charge in [0.15, 0.2) is 0 Å². The molecule has 0 radical (unpaired) electrons. The summed E-state index contributed by atoms with van der Waals surface area (Å²) in [5, 5.41) is -0.405. The van der Waals surface area contributed by atoms with E-state index in [2.05, 4.69) is 13.3 Å². The van der Waals surface area contributed by atoms with Gasteiger partial charge in [-0.1, -0.05) is 11.8 Å². The van der Waals surface area contributed by atoms with Gasteiger partial charge in [0, 0.05) is 5.24 Å². The zero-order valence-electron chi connectivity index (χ0n) is 4.35. The maximum Gasteiger partial charge on any atom is 0.0729 e. The van der Waals surface area contributed by atoms with Gasteiger partial charge in [-0.05, 0) is 13.3 Å². The number of alkyl halides is 1. The zero-order chi connectivity index (χ0) is 5.91. The van der Waals surface area contributed by atoms with Crippen molar-refractivity contribution in [3.05, 3.63) is 0 Å². The van der Waals surface area contributed by atoms with Gasteiger partial charge in [0.2, 0.25) is 0 Å². The molecule has 0 amide bonds. The van der Waals surface area contributed by atoms with Crippen molar-refractivity contribution in [2.75, 3.05) is 18.5 Å². The number of hydrogen-bond acceptors (Lipinski definition) is 2. The van der Waals surface area contributed by atoms with E-state index in [1.54, 1.807) is 11.4 Å². The van der Waals surface area contributed by atoms with Gasteiger partial charge in [-0.25, -0.2) is 0 Å². The molecule has 44 valence electrons. The van der Waals surface area contributed by atoms with Crippen LogP contribution < -0.4 is 0 Å². The van der Waals surface area contributed by atoms with E-state index in [-0.39, 0.29) is 0 Å². The topological polar surface area (TPSA) is 0 Å². The number of halogens is 1. The van der Waals surface area contributed by atoms with Crippen molar-refractivity contribution in [3.63, 3.8) is 0 Å². The van der Waals surface area contributed by atoms with Gasteiger partial charge in [0.25, 0.3) is 0 Å². The molecule has 0 N–H and O–H groups in total. The molecule has 0 aromatic heterocycles. The highest BCUT2D eigenvalue weighted by atomic mass is 35.5. The molecule has 0 aromatic carbocycles. The third kappa shape index (κ3) is 7.29. The minimum Gasteiger partial charge on any atom is -0.114 e. The lowest BCUT2D eigenvalue weighted by atomic mass is 11.9. The van der Waals surface area contributed by atoms with Crippen LogP contribution in [0.2, 0.25) is 0 Å². The first-order chi connectivity index (χ1) is 3.06. The van der Waals surface area contributed by atoms with Crippen LogP contribution >= 0.6 is 28.2 Å². The van der Waals surface area contributed by atoms with Crippen LogP contribution in [0.25, 0.3) is 0 Å². The summed E-state index contributed by atoms with van der Waals surface area (Å²) >= 11 is 12.2. The quantitative estimate of drug-likeness (QED) is 0.466. The molecule has 0 saturated carbocycles. The fourth-order valence-corrected chi connectivity index (χ4v) is 4.25. The molecule has 0 aliphatic heterocycles. The molecule has 0 fully saturated rings. The van der Waals surface area contributed by atoms with E-state index in [1.165, 1.54) is 0 Å². The van der Waals surface area contributed by atoms with Gasteiger partial charge in [0.05, 0.1) is 5.21 Å². The Morgan fingerprint density at radius 3 is 2.14 bits per heavy atom. The molecular weight excluding hydrogens is 167 g/mol. The van der Waals surface area contributed by atoms with Crippen molar-refractivity contribution in [3.8, 4) is 0 Å². The Labute approximate surface area is 58.8 Å². The second-order valence-corrected chi connectivity index (χ2v) is 12.1. The molecule has 0 rings (SSSR count). The van der Waals surface area contributed by atoms with Crippen molar-refractivity contribution in [2.24, 2.45) is 0 Å². The van der Waals surface area contributed by atoms with Crippen LogP contribution in [0.15, 0.2) is 0 Å². The van der Waals surface area contributed by atoms with Crippen molar-refractivity contribution in [1.29, 1.82) is 0 Å². The second-order valence-electron chi connectivity index (χ2n) is 1.49. The summed E-state index contributed by atoms with van der Waals surface area (Å²) in [6.07, 6.45) is 0. The minimum absolute atomic E-state index is 0.643. The maximum absolute atomic E-state index is 5.41. The van der Waals surface area contributed by atoms with Gasteiger partial charge >= 0.3 is 0 Å². The first-order valence-corrected chi connectivity index (χ1v) is 7.64. The standard InChI is InChI=1S/C3H8ClPS2/c1-5(2,6)7-3-4/h3H2,1-2H3. The predicted octanol–water partition coefficient (Wildman–Crippen LogP) is 2.57. The molecule has 0 aliphatic carbocycles. The van der Waals surface area contributed by atoms with Crippen LogP contribution in [0.4, 0.5) is 0 Å². The molecule has 4 heteroatoms. The molecule has 0 bridgehead atoms. The third-order valence-electron chi connectivity index (χ3n) is 0.360. The van der Waals surface area contributed by atoms with E-state index in [4.69, 9.17) is 23.4 Å². The first-order valence-electron chi connectivity index (χ1n) is 1.82. The number of rotatable bonds is 2. The van der Waals surface area contributed by atoms with Crippen molar-refractivity contribution < 1.29 is 0 Å². The van der Waals surface area contributed by atoms with Gasteiger partial charge in [-0.2, -0.15) is 0 Å².